The second kappa shape index (κ2) is 11.4. The van der Waals surface area contributed by atoms with Gasteiger partial charge in [0.2, 0.25) is 5.91 Å². The standard InChI is InChI=1S/C23H24FN5O3S2/c1-15(30)26-12-19-13-29(23(31)32-19)18-6-7-20(21(24)10-18)17-4-2-16(3-5-17)11-25-8-9-33-22-28-27-14-34-22/h2-7,10,14,19,25H,8-9,11-13H2,1H3,(H,26,30). The SMILES string of the molecule is CC(=O)NCC1CN(c2ccc(-c3ccc(CNCCSc4nncs4)cc3)c(F)c2)C(=O)O1. The Morgan fingerprint density at radius 2 is 2.12 bits per heavy atom. The maximum absolute atomic E-state index is 14.9. The van der Waals surface area contributed by atoms with E-state index in [-0.39, 0.29) is 19.0 Å². The molecular weight excluding hydrogens is 477 g/mol. The van der Waals surface area contributed by atoms with Crippen LogP contribution in [-0.2, 0) is 16.1 Å². The number of cyclic esters (lactones) is 1. The number of amides is 2. The van der Waals surface area contributed by atoms with Gasteiger partial charge in [0.05, 0.1) is 18.8 Å². The number of aromatic nitrogens is 2. The Balaban J connectivity index is 1.31. The number of benzene rings is 2. The first kappa shape index (κ1) is 24.1. The molecule has 1 unspecified atom stereocenters. The van der Waals surface area contributed by atoms with Gasteiger partial charge in [-0.05, 0) is 29.3 Å². The molecule has 2 aromatic carbocycles. The second-order valence-corrected chi connectivity index (χ2v) is 9.82. The molecule has 4 rings (SSSR count). The molecule has 1 aromatic heterocycles. The van der Waals surface area contributed by atoms with E-state index in [1.54, 1.807) is 29.4 Å². The fraction of sp³-hybridized carbons (Fsp3) is 0.304. The fourth-order valence-corrected chi connectivity index (χ4v) is 4.93. The molecule has 2 amide bonds. The summed E-state index contributed by atoms with van der Waals surface area (Å²) in [5.74, 6) is 0.286. The van der Waals surface area contributed by atoms with E-state index in [0.717, 1.165) is 34.3 Å². The average Bonchev–Trinajstić information content (AvgIpc) is 3.47. The summed E-state index contributed by atoms with van der Waals surface area (Å²) in [5, 5.41) is 13.8. The number of thioether (sulfide) groups is 1. The molecule has 1 aliphatic rings. The summed E-state index contributed by atoms with van der Waals surface area (Å²) in [4.78, 5) is 24.6. The van der Waals surface area contributed by atoms with Crippen molar-refractivity contribution in [2.24, 2.45) is 0 Å². The van der Waals surface area contributed by atoms with Gasteiger partial charge in [-0.15, -0.1) is 10.2 Å². The van der Waals surface area contributed by atoms with Gasteiger partial charge >= 0.3 is 6.09 Å². The summed E-state index contributed by atoms with van der Waals surface area (Å²) >= 11 is 3.20. The van der Waals surface area contributed by atoms with Crippen molar-refractivity contribution in [1.29, 1.82) is 0 Å². The van der Waals surface area contributed by atoms with Gasteiger partial charge in [-0.3, -0.25) is 9.69 Å². The molecule has 1 aliphatic heterocycles. The van der Waals surface area contributed by atoms with Gasteiger partial charge in [0.25, 0.3) is 0 Å². The quantitative estimate of drug-likeness (QED) is 0.323. The van der Waals surface area contributed by atoms with E-state index in [0.29, 0.717) is 11.3 Å². The van der Waals surface area contributed by atoms with Crippen molar-refractivity contribution in [2.45, 2.75) is 23.9 Å². The van der Waals surface area contributed by atoms with Crippen LogP contribution in [0.25, 0.3) is 11.1 Å². The monoisotopic (exact) mass is 501 g/mol. The zero-order chi connectivity index (χ0) is 23.9. The topological polar surface area (TPSA) is 96.5 Å². The van der Waals surface area contributed by atoms with Crippen molar-refractivity contribution in [1.82, 2.24) is 20.8 Å². The van der Waals surface area contributed by atoms with Crippen molar-refractivity contribution < 1.29 is 18.7 Å². The van der Waals surface area contributed by atoms with Gasteiger partial charge in [0.1, 0.15) is 17.4 Å². The highest BCUT2D eigenvalue weighted by molar-refractivity contribution is 8.01. The van der Waals surface area contributed by atoms with Crippen molar-refractivity contribution >= 4 is 40.8 Å². The lowest BCUT2D eigenvalue weighted by Gasteiger charge is -2.15. The Labute approximate surface area is 204 Å². The second-order valence-electron chi connectivity index (χ2n) is 7.64. The predicted octanol–water partition coefficient (Wildman–Crippen LogP) is 3.69. The minimum atomic E-state index is -0.555. The number of carbonyl (C=O) groups is 2. The summed E-state index contributed by atoms with van der Waals surface area (Å²) in [6.07, 6.45) is -1.02. The number of hydrogen-bond acceptors (Lipinski definition) is 8. The molecule has 178 valence electrons. The van der Waals surface area contributed by atoms with Crippen molar-refractivity contribution in [3.63, 3.8) is 0 Å². The molecule has 0 aliphatic carbocycles. The molecule has 0 spiro atoms. The van der Waals surface area contributed by atoms with Gasteiger partial charge in [0, 0.05) is 31.3 Å². The molecule has 2 heterocycles. The minimum Gasteiger partial charge on any atom is -0.442 e. The van der Waals surface area contributed by atoms with E-state index in [1.165, 1.54) is 29.2 Å². The van der Waals surface area contributed by atoms with E-state index in [4.69, 9.17) is 4.74 Å². The normalized spacial score (nSPS) is 15.4. The highest BCUT2D eigenvalue weighted by Gasteiger charge is 2.32. The van der Waals surface area contributed by atoms with Crippen molar-refractivity contribution in [2.75, 3.05) is 30.3 Å². The number of halogens is 1. The zero-order valence-electron chi connectivity index (χ0n) is 18.5. The molecule has 1 fully saturated rings. The van der Waals surface area contributed by atoms with Crippen LogP contribution >= 0.6 is 23.1 Å². The first-order valence-corrected chi connectivity index (χ1v) is 12.6. The van der Waals surface area contributed by atoms with Gasteiger partial charge in [-0.1, -0.05) is 47.4 Å². The third-order valence-corrected chi connectivity index (χ3v) is 7.02. The van der Waals surface area contributed by atoms with Crippen LogP contribution in [0.1, 0.15) is 12.5 Å². The van der Waals surface area contributed by atoms with Gasteiger partial charge < -0.3 is 15.4 Å². The molecular formula is C23H24FN5O3S2. The highest BCUT2D eigenvalue weighted by atomic mass is 32.2. The molecule has 34 heavy (non-hydrogen) atoms. The molecule has 2 N–H and O–H groups in total. The maximum Gasteiger partial charge on any atom is 0.414 e. The summed E-state index contributed by atoms with van der Waals surface area (Å²) in [6.45, 7) is 3.43. The number of carbonyl (C=O) groups excluding carboxylic acids is 2. The largest absolute Gasteiger partial charge is 0.442 e. The third-order valence-electron chi connectivity index (χ3n) is 5.16. The van der Waals surface area contributed by atoms with E-state index < -0.39 is 18.0 Å². The van der Waals surface area contributed by atoms with Gasteiger partial charge in [-0.25, -0.2) is 9.18 Å². The number of nitrogens with one attached hydrogen (secondary N) is 2. The molecule has 1 saturated heterocycles. The summed E-state index contributed by atoms with van der Waals surface area (Å²) in [6, 6.07) is 12.4. The summed E-state index contributed by atoms with van der Waals surface area (Å²) in [7, 11) is 0. The van der Waals surface area contributed by atoms with E-state index in [1.807, 2.05) is 24.3 Å². The highest BCUT2D eigenvalue weighted by Crippen LogP contribution is 2.29. The maximum atomic E-state index is 14.9. The van der Waals surface area contributed by atoms with Crippen LogP contribution in [0.2, 0.25) is 0 Å². The predicted molar refractivity (Wildman–Crippen MR) is 130 cm³/mol. The molecule has 1 atom stereocenters. The molecule has 11 heteroatoms. The van der Waals surface area contributed by atoms with Gasteiger partial charge in [0.15, 0.2) is 4.34 Å². The Bertz CT molecular complexity index is 1130. The number of nitrogens with zero attached hydrogens (tertiary/aromatic N) is 3. The lowest BCUT2D eigenvalue weighted by atomic mass is 10.0. The van der Waals surface area contributed by atoms with Crippen LogP contribution in [0.15, 0.2) is 52.3 Å². The molecule has 0 bridgehead atoms. The lowest BCUT2D eigenvalue weighted by Crippen LogP contribution is -2.33. The van der Waals surface area contributed by atoms with E-state index >= 15 is 0 Å². The number of rotatable bonds is 10. The zero-order valence-corrected chi connectivity index (χ0v) is 20.1. The Morgan fingerprint density at radius 1 is 1.29 bits per heavy atom. The van der Waals surface area contributed by atoms with Crippen LogP contribution < -0.4 is 15.5 Å². The van der Waals surface area contributed by atoms with Crippen LogP contribution in [0.3, 0.4) is 0 Å². The number of hydrogen-bond donors (Lipinski definition) is 2. The first-order valence-electron chi connectivity index (χ1n) is 10.7. The molecule has 0 radical (unpaired) electrons. The van der Waals surface area contributed by atoms with Crippen LogP contribution in [-0.4, -0.2) is 53.7 Å². The van der Waals surface area contributed by atoms with E-state index in [2.05, 4.69) is 20.8 Å². The number of anilines is 1. The van der Waals surface area contributed by atoms with E-state index in [9.17, 15) is 14.0 Å². The molecule has 3 aromatic rings. The third kappa shape index (κ3) is 6.31. The van der Waals surface area contributed by atoms with Crippen LogP contribution in [0, 0.1) is 5.82 Å². The number of ether oxygens (including phenoxy) is 1. The summed E-state index contributed by atoms with van der Waals surface area (Å²) < 4.78 is 21.1. The smallest absolute Gasteiger partial charge is 0.414 e. The van der Waals surface area contributed by atoms with Crippen molar-refractivity contribution in [3.05, 3.63) is 59.4 Å². The van der Waals surface area contributed by atoms with Gasteiger partial charge in [-0.2, -0.15) is 0 Å². The van der Waals surface area contributed by atoms with Crippen molar-refractivity contribution in [3.8, 4) is 11.1 Å². The average molecular weight is 502 g/mol. The molecule has 0 saturated carbocycles. The Kier molecular flexibility index (Phi) is 8.09. The Hall–Kier alpha value is -3.02. The Morgan fingerprint density at radius 3 is 2.82 bits per heavy atom. The lowest BCUT2D eigenvalue weighted by molar-refractivity contribution is -0.119. The minimum absolute atomic E-state index is 0.199. The first-order chi connectivity index (χ1) is 16.5. The molecule has 8 nitrogen and oxygen atoms in total. The fourth-order valence-electron chi connectivity index (χ4n) is 3.47. The van der Waals surface area contributed by atoms with Crippen LogP contribution in [0.4, 0.5) is 14.9 Å². The summed E-state index contributed by atoms with van der Waals surface area (Å²) in [5.41, 5.74) is 4.46. The van der Waals surface area contributed by atoms with Crippen LogP contribution in [0.5, 0.6) is 0 Å².